The maximum atomic E-state index is 14.0. The molecule has 0 N–H and O–H groups in total. The van der Waals surface area contributed by atoms with Gasteiger partial charge in [0, 0.05) is 56.8 Å². The van der Waals surface area contributed by atoms with Gasteiger partial charge in [0.2, 0.25) is 11.7 Å². The van der Waals surface area contributed by atoms with Gasteiger partial charge < -0.3 is 33.5 Å². The van der Waals surface area contributed by atoms with Gasteiger partial charge in [-0.2, -0.15) is 0 Å². The lowest BCUT2D eigenvalue weighted by Gasteiger charge is -2.43. The highest BCUT2D eigenvalue weighted by Gasteiger charge is 2.51. The number of benzene rings is 3. The van der Waals surface area contributed by atoms with E-state index in [1.165, 1.54) is 5.56 Å². The van der Waals surface area contributed by atoms with E-state index in [4.69, 9.17) is 23.7 Å². The first kappa shape index (κ1) is 40.6. The zero-order chi connectivity index (χ0) is 33.4. The summed E-state index contributed by atoms with van der Waals surface area (Å²) in [5, 5.41) is 0. The summed E-state index contributed by atoms with van der Waals surface area (Å²) in [5.41, 5.74) is 3.03. The average molecular weight is 737 g/mol. The second kappa shape index (κ2) is 18.9. The van der Waals surface area contributed by atoms with Crippen LogP contribution in [-0.2, 0) is 20.7 Å². The number of methoxy groups -OCH3 is 3. The molecule has 3 aromatic carbocycles. The van der Waals surface area contributed by atoms with Crippen LogP contribution in [-0.4, -0.2) is 103 Å². The zero-order valence-electron chi connectivity index (χ0n) is 29.4. The highest BCUT2D eigenvalue weighted by Crippen LogP contribution is 2.56. The number of likely N-dealkylation sites (N-methyl/N-ethyl adjacent to an activating group) is 1. The van der Waals surface area contributed by atoms with Crippen molar-refractivity contribution >= 4 is 48.2 Å². The number of amides is 1. The Morgan fingerprint density at radius 1 is 0.776 bits per heavy atom. The van der Waals surface area contributed by atoms with Gasteiger partial charge in [-0.3, -0.25) is 9.69 Å². The second-order valence-electron chi connectivity index (χ2n) is 12.2. The Morgan fingerprint density at radius 2 is 1.39 bits per heavy atom. The van der Waals surface area contributed by atoms with E-state index in [-0.39, 0.29) is 36.6 Å². The zero-order valence-corrected chi connectivity index (χ0v) is 31.9. The number of halogens is 2. The number of hydrogen-bond donors (Lipinski definition) is 0. The summed E-state index contributed by atoms with van der Waals surface area (Å²) >= 11 is 1.63. The minimum absolute atomic E-state index is 0. The molecule has 2 aliphatic heterocycles. The van der Waals surface area contributed by atoms with Crippen molar-refractivity contribution in [3.8, 4) is 23.0 Å². The van der Waals surface area contributed by atoms with Crippen molar-refractivity contribution in [1.82, 2.24) is 9.80 Å². The summed E-state index contributed by atoms with van der Waals surface area (Å²) in [6.07, 6.45) is 0.915. The first-order valence-corrected chi connectivity index (χ1v) is 17.2. The number of anilines is 1. The van der Waals surface area contributed by atoms with Gasteiger partial charge in [-0.05, 0) is 48.2 Å². The molecule has 0 radical (unpaired) electrons. The van der Waals surface area contributed by atoms with Gasteiger partial charge in [-0.1, -0.05) is 44.2 Å². The molecule has 1 saturated heterocycles. The van der Waals surface area contributed by atoms with Crippen molar-refractivity contribution in [1.29, 1.82) is 0 Å². The molecule has 270 valence electrons. The van der Waals surface area contributed by atoms with Gasteiger partial charge in [0.25, 0.3) is 0 Å². The number of rotatable bonds is 15. The molecule has 0 aliphatic carbocycles. The van der Waals surface area contributed by atoms with Crippen molar-refractivity contribution in [2.24, 2.45) is 5.92 Å². The number of carbonyl (C=O) groups is 1. The third-order valence-corrected chi connectivity index (χ3v) is 10.9. The lowest BCUT2D eigenvalue weighted by molar-refractivity contribution is -0.122. The maximum Gasteiger partial charge on any atom is 0.248 e. The topological polar surface area (TPSA) is 72.9 Å². The van der Waals surface area contributed by atoms with Crippen LogP contribution < -0.4 is 23.8 Å². The van der Waals surface area contributed by atoms with Gasteiger partial charge in [0.15, 0.2) is 11.5 Å². The molecular formula is C37H51Cl2N3O6S. The number of thioether (sulfide) groups is 1. The SMILES string of the molecule is COc1cc(CCN2CCN(CCOCCOc3ccccc3C3(C(C)C)Sc4ccccc4N(C)C3=O)CC2)cc(OC)c1OC.Cl.Cl. The molecule has 0 bridgehead atoms. The Balaban J connectivity index is 0.00000325. The third-order valence-electron chi connectivity index (χ3n) is 9.16. The highest BCUT2D eigenvalue weighted by atomic mass is 35.5. The van der Waals surface area contributed by atoms with Crippen LogP contribution in [0.15, 0.2) is 65.6 Å². The monoisotopic (exact) mass is 735 g/mol. The summed E-state index contributed by atoms with van der Waals surface area (Å²) in [7, 11) is 6.79. The Bertz CT molecular complexity index is 1480. The van der Waals surface area contributed by atoms with Gasteiger partial charge in [0.1, 0.15) is 17.1 Å². The molecule has 5 rings (SSSR count). The molecule has 3 aromatic rings. The molecular weight excluding hydrogens is 685 g/mol. The number of hydrogen-bond acceptors (Lipinski definition) is 9. The van der Waals surface area contributed by atoms with E-state index in [2.05, 4.69) is 29.7 Å². The van der Waals surface area contributed by atoms with Crippen LogP contribution in [0.3, 0.4) is 0 Å². The molecule has 2 aliphatic rings. The third kappa shape index (κ3) is 9.09. The fourth-order valence-electron chi connectivity index (χ4n) is 6.45. The second-order valence-corrected chi connectivity index (χ2v) is 13.5. The van der Waals surface area contributed by atoms with E-state index < -0.39 is 4.75 Å². The molecule has 0 aromatic heterocycles. The van der Waals surface area contributed by atoms with E-state index in [1.807, 2.05) is 61.6 Å². The predicted molar refractivity (Wildman–Crippen MR) is 202 cm³/mol. The maximum absolute atomic E-state index is 14.0. The Hall–Kier alpha value is -2.86. The lowest BCUT2D eigenvalue weighted by atomic mass is 9.85. The van der Waals surface area contributed by atoms with Crippen LogP contribution in [0.1, 0.15) is 25.0 Å². The van der Waals surface area contributed by atoms with E-state index in [9.17, 15) is 4.79 Å². The molecule has 9 nitrogen and oxygen atoms in total. The smallest absolute Gasteiger partial charge is 0.248 e. The fraction of sp³-hybridized carbons (Fsp3) is 0.486. The molecule has 49 heavy (non-hydrogen) atoms. The van der Waals surface area contributed by atoms with E-state index >= 15 is 0 Å². The summed E-state index contributed by atoms with van der Waals surface area (Å²) in [6, 6.07) is 20.1. The van der Waals surface area contributed by atoms with E-state index in [1.54, 1.807) is 38.0 Å². The first-order chi connectivity index (χ1) is 22.8. The number of nitrogens with zero attached hydrogens (tertiary/aromatic N) is 3. The largest absolute Gasteiger partial charge is 0.493 e. The molecule has 0 spiro atoms. The number of piperazine rings is 1. The minimum atomic E-state index is -0.781. The number of ether oxygens (including phenoxy) is 5. The minimum Gasteiger partial charge on any atom is -0.493 e. The van der Waals surface area contributed by atoms with Crippen molar-refractivity contribution < 1.29 is 28.5 Å². The van der Waals surface area contributed by atoms with E-state index in [0.29, 0.717) is 37.1 Å². The molecule has 1 amide bonds. The van der Waals surface area contributed by atoms with Crippen LogP contribution in [0.25, 0.3) is 0 Å². The molecule has 0 saturated carbocycles. The summed E-state index contributed by atoms with van der Waals surface area (Å²) in [5.74, 6) is 2.87. The Labute approximate surface area is 308 Å². The number of carbonyl (C=O) groups excluding carboxylic acids is 1. The molecule has 1 fully saturated rings. The molecule has 1 atom stereocenters. The first-order valence-electron chi connectivity index (χ1n) is 16.4. The van der Waals surface area contributed by atoms with Gasteiger partial charge in [-0.15, -0.1) is 36.6 Å². The van der Waals surface area contributed by atoms with E-state index in [0.717, 1.165) is 67.6 Å². The van der Waals surface area contributed by atoms with Crippen molar-refractivity contribution in [3.63, 3.8) is 0 Å². The van der Waals surface area contributed by atoms with Crippen LogP contribution in [0.5, 0.6) is 23.0 Å². The summed E-state index contributed by atoms with van der Waals surface area (Å²) in [4.78, 5) is 21.8. The van der Waals surface area contributed by atoms with Gasteiger partial charge in [0.05, 0.1) is 40.2 Å². The average Bonchev–Trinajstić information content (AvgIpc) is 3.10. The quantitative estimate of drug-likeness (QED) is 0.164. The van der Waals surface area contributed by atoms with Crippen LogP contribution in [0.2, 0.25) is 0 Å². The predicted octanol–water partition coefficient (Wildman–Crippen LogP) is 6.43. The standard InChI is InChI=1S/C37H49N3O6S.2ClH/c1-27(2)37(36(41)38(3)30-12-8-10-14-34(30)47-37)29-11-7-9-13-31(29)46-24-23-45-22-21-40-19-17-39(18-20-40)16-15-28-25-32(42-4)35(44-6)33(26-28)43-5;;/h7-14,25-27H,15-24H2,1-6H3;2*1H. The highest BCUT2D eigenvalue weighted by molar-refractivity contribution is 8.01. The van der Waals surface area contributed by atoms with Crippen LogP contribution in [0, 0.1) is 5.92 Å². The summed E-state index contributed by atoms with van der Waals surface area (Å²) < 4.78 is 28.0. The number of para-hydroxylation sites is 2. The normalized spacial score (nSPS) is 17.9. The van der Waals surface area contributed by atoms with Crippen molar-refractivity contribution in [2.45, 2.75) is 29.9 Å². The lowest BCUT2D eigenvalue weighted by Crippen LogP contribution is -2.49. The number of fused-ring (bicyclic) bond motifs is 1. The van der Waals surface area contributed by atoms with Crippen molar-refractivity contribution in [3.05, 3.63) is 71.8 Å². The molecule has 12 heteroatoms. The molecule has 1 unspecified atom stereocenters. The van der Waals surface area contributed by atoms with Crippen molar-refractivity contribution in [2.75, 3.05) is 92.4 Å². The van der Waals surface area contributed by atoms with Crippen LogP contribution in [0.4, 0.5) is 5.69 Å². The fourth-order valence-corrected chi connectivity index (χ4v) is 7.99. The Kier molecular flexibility index (Phi) is 15.7. The molecule has 2 heterocycles. The van der Waals surface area contributed by atoms with Gasteiger partial charge >= 0.3 is 0 Å². The summed E-state index contributed by atoms with van der Waals surface area (Å²) in [6.45, 7) is 11.7. The van der Waals surface area contributed by atoms with Crippen LogP contribution >= 0.6 is 36.6 Å². The van der Waals surface area contributed by atoms with Gasteiger partial charge in [-0.25, -0.2) is 0 Å². The Morgan fingerprint density at radius 3 is 2.02 bits per heavy atom.